The summed E-state index contributed by atoms with van der Waals surface area (Å²) in [6.45, 7) is -0.409. The van der Waals surface area contributed by atoms with E-state index in [1.54, 1.807) is 4.72 Å². The number of benzene rings is 1. The van der Waals surface area contributed by atoms with E-state index in [4.69, 9.17) is 35.7 Å². The SMILES string of the molecule is COCCOc1ccc(COC(=O)NS(=O)(=O)NCCCO)c(Oc2ncc(C(F)(F)F)cc2Cl)c1. The lowest BCUT2D eigenvalue weighted by Crippen LogP contribution is -2.41. The quantitative estimate of drug-likeness (QED) is 0.316. The molecule has 1 amide bonds. The minimum atomic E-state index is -4.66. The maximum Gasteiger partial charge on any atom is 0.422 e. The van der Waals surface area contributed by atoms with Gasteiger partial charge in [-0.1, -0.05) is 11.6 Å². The van der Waals surface area contributed by atoms with Crippen LogP contribution in [0.1, 0.15) is 17.5 Å². The summed E-state index contributed by atoms with van der Waals surface area (Å²) in [5, 5.41) is 8.27. The van der Waals surface area contributed by atoms with Crippen molar-refractivity contribution in [3.63, 3.8) is 0 Å². The number of amides is 1. The fraction of sp³-hybridized carbons (Fsp3) is 0.400. The van der Waals surface area contributed by atoms with Crippen LogP contribution in [0.15, 0.2) is 30.5 Å². The lowest BCUT2D eigenvalue weighted by atomic mass is 10.2. The Bertz CT molecular complexity index is 1140. The van der Waals surface area contributed by atoms with Crippen molar-refractivity contribution < 1.29 is 50.4 Å². The maximum atomic E-state index is 12.9. The number of hydrogen-bond donors (Lipinski definition) is 3. The molecule has 0 atom stereocenters. The Hall–Kier alpha value is -2.85. The fourth-order valence-electron chi connectivity index (χ4n) is 2.45. The number of methoxy groups -OCH3 is 1. The smallest absolute Gasteiger partial charge is 0.422 e. The lowest BCUT2D eigenvalue weighted by Gasteiger charge is -2.15. The first-order valence-electron chi connectivity index (χ1n) is 10.2. The number of aliphatic hydroxyl groups is 1. The van der Waals surface area contributed by atoms with Crippen LogP contribution in [0.25, 0.3) is 0 Å². The van der Waals surface area contributed by atoms with E-state index in [1.165, 1.54) is 25.3 Å². The van der Waals surface area contributed by atoms with Crippen LogP contribution in [-0.4, -0.2) is 58.1 Å². The van der Waals surface area contributed by atoms with Gasteiger partial charge in [-0.2, -0.15) is 26.3 Å². The van der Waals surface area contributed by atoms with Gasteiger partial charge in [-0.3, -0.25) is 0 Å². The Morgan fingerprint density at radius 2 is 1.97 bits per heavy atom. The highest BCUT2D eigenvalue weighted by atomic mass is 35.5. The van der Waals surface area contributed by atoms with Crippen LogP contribution in [0.2, 0.25) is 5.02 Å². The van der Waals surface area contributed by atoms with E-state index < -0.39 is 39.7 Å². The molecule has 1 heterocycles. The van der Waals surface area contributed by atoms with Crippen molar-refractivity contribution in [3.05, 3.63) is 46.6 Å². The third kappa shape index (κ3) is 9.66. The molecule has 0 bridgehead atoms. The first-order valence-corrected chi connectivity index (χ1v) is 12.0. The number of halogens is 4. The van der Waals surface area contributed by atoms with Crippen molar-refractivity contribution in [3.8, 4) is 17.4 Å². The van der Waals surface area contributed by atoms with Gasteiger partial charge >= 0.3 is 22.5 Å². The van der Waals surface area contributed by atoms with E-state index in [-0.39, 0.29) is 55.7 Å². The van der Waals surface area contributed by atoms with Crippen LogP contribution in [-0.2, 0) is 32.5 Å². The summed E-state index contributed by atoms with van der Waals surface area (Å²) in [5.41, 5.74) is -0.891. The average molecular weight is 558 g/mol. The average Bonchev–Trinajstić information content (AvgIpc) is 2.79. The topological polar surface area (TPSA) is 145 Å². The first-order chi connectivity index (χ1) is 16.9. The zero-order valence-electron chi connectivity index (χ0n) is 18.8. The number of nitrogens with one attached hydrogen (secondary N) is 2. The molecule has 0 spiro atoms. The molecule has 0 aliphatic carbocycles. The lowest BCUT2D eigenvalue weighted by molar-refractivity contribution is -0.137. The van der Waals surface area contributed by atoms with Crippen molar-refractivity contribution in [2.45, 2.75) is 19.2 Å². The van der Waals surface area contributed by atoms with Crippen LogP contribution in [0.4, 0.5) is 18.0 Å². The summed E-state index contributed by atoms with van der Waals surface area (Å²) in [5.74, 6) is -0.107. The second kappa shape index (κ2) is 13.5. The number of carbonyl (C=O) groups excluding carboxylic acids is 1. The molecule has 0 saturated carbocycles. The number of rotatable bonds is 13. The van der Waals surface area contributed by atoms with Crippen LogP contribution in [0.5, 0.6) is 17.4 Å². The van der Waals surface area contributed by atoms with Gasteiger partial charge in [0, 0.05) is 38.1 Å². The highest BCUT2D eigenvalue weighted by Crippen LogP contribution is 2.36. The number of pyridine rings is 1. The fourth-order valence-corrected chi connectivity index (χ4v) is 3.41. The molecular formula is C20H23ClF3N3O8S. The normalized spacial score (nSPS) is 11.7. The summed E-state index contributed by atoms with van der Waals surface area (Å²) < 4.78 is 86.8. The molecule has 0 saturated heterocycles. The minimum absolute atomic E-state index is 0.0317. The van der Waals surface area contributed by atoms with Gasteiger partial charge in [0.05, 0.1) is 12.2 Å². The van der Waals surface area contributed by atoms with Crippen LogP contribution in [0, 0.1) is 0 Å². The molecule has 0 aliphatic rings. The number of carbonyl (C=O) groups is 1. The molecular weight excluding hydrogens is 535 g/mol. The molecule has 3 N–H and O–H groups in total. The summed E-state index contributed by atoms with van der Waals surface area (Å²) in [6.07, 6.45) is -5.30. The van der Waals surface area contributed by atoms with Crippen molar-refractivity contribution >= 4 is 27.9 Å². The van der Waals surface area contributed by atoms with Crippen LogP contribution < -0.4 is 18.9 Å². The van der Waals surface area contributed by atoms with Gasteiger partial charge < -0.3 is 24.1 Å². The number of aromatic nitrogens is 1. The van der Waals surface area contributed by atoms with Gasteiger partial charge in [-0.25, -0.2) is 14.5 Å². The molecule has 0 fully saturated rings. The molecule has 0 radical (unpaired) electrons. The van der Waals surface area contributed by atoms with E-state index in [9.17, 15) is 26.4 Å². The molecule has 36 heavy (non-hydrogen) atoms. The van der Waals surface area contributed by atoms with Crippen molar-refractivity contribution in [2.24, 2.45) is 0 Å². The van der Waals surface area contributed by atoms with E-state index in [0.29, 0.717) is 12.3 Å². The zero-order valence-corrected chi connectivity index (χ0v) is 20.4. The van der Waals surface area contributed by atoms with Gasteiger partial charge in [0.15, 0.2) is 0 Å². The van der Waals surface area contributed by atoms with E-state index in [1.807, 2.05) is 4.72 Å². The molecule has 11 nitrogen and oxygen atoms in total. The molecule has 16 heteroatoms. The Morgan fingerprint density at radius 1 is 1.22 bits per heavy atom. The van der Waals surface area contributed by atoms with Crippen molar-refractivity contribution in [2.75, 3.05) is 33.5 Å². The molecule has 2 aromatic rings. The highest BCUT2D eigenvalue weighted by molar-refractivity contribution is 7.88. The number of nitrogens with zero attached hydrogens (tertiary/aromatic N) is 1. The molecule has 0 aliphatic heterocycles. The Morgan fingerprint density at radius 3 is 2.61 bits per heavy atom. The van der Waals surface area contributed by atoms with Gasteiger partial charge in [-0.15, -0.1) is 0 Å². The minimum Gasteiger partial charge on any atom is -0.491 e. The summed E-state index contributed by atoms with van der Waals surface area (Å²) in [6, 6.07) is 4.92. The first kappa shape index (κ1) is 29.4. The van der Waals surface area contributed by atoms with Gasteiger partial charge in [0.2, 0.25) is 5.88 Å². The van der Waals surface area contributed by atoms with Crippen molar-refractivity contribution in [1.82, 2.24) is 14.4 Å². The zero-order chi connectivity index (χ0) is 26.8. The Kier molecular flexibility index (Phi) is 11.0. The van der Waals surface area contributed by atoms with E-state index in [0.717, 1.165) is 0 Å². The largest absolute Gasteiger partial charge is 0.491 e. The molecule has 2 rings (SSSR count). The van der Waals surface area contributed by atoms with Gasteiger partial charge in [0.25, 0.3) is 0 Å². The number of ether oxygens (including phenoxy) is 4. The summed E-state index contributed by atoms with van der Waals surface area (Å²) in [7, 11) is -2.75. The Labute approximate surface area is 209 Å². The number of hydrogen-bond acceptors (Lipinski definition) is 9. The van der Waals surface area contributed by atoms with E-state index in [2.05, 4.69) is 4.98 Å². The Balaban J connectivity index is 2.19. The highest BCUT2D eigenvalue weighted by Gasteiger charge is 2.32. The number of alkyl halides is 3. The molecule has 200 valence electrons. The third-order valence-electron chi connectivity index (χ3n) is 4.14. The van der Waals surface area contributed by atoms with Crippen LogP contribution >= 0.6 is 11.6 Å². The van der Waals surface area contributed by atoms with Crippen molar-refractivity contribution in [1.29, 1.82) is 0 Å². The summed E-state index contributed by atoms with van der Waals surface area (Å²) in [4.78, 5) is 15.5. The second-order valence-electron chi connectivity index (χ2n) is 6.87. The molecule has 1 aromatic carbocycles. The monoisotopic (exact) mass is 557 g/mol. The van der Waals surface area contributed by atoms with Gasteiger partial charge in [0.1, 0.15) is 29.7 Å². The number of aliphatic hydroxyl groups excluding tert-OH is 1. The molecule has 1 aromatic heterocycles. The predicted octanol–water partition coefficient (Wildman–Crippen LogP) is 3.01. The van der Waals surface area contributed by atoms with Gasteiger partial charge in [-0.05, 0) is 24.6 Å². The standard InChI is InChI=1S/C20H23ClF3N3O8S/c1-32-7-8-33-15-4-3-13(12-34-19(29)27-36(30,31)26-5-2-6-28)17(10-15)35-18-16(21)9-14(11-25-18)20(22,23)24/h3-4,9-11,26,28H,2,5-8,12H2,1H3,(H,27,29). The third-order valence-corrected chi connectivity index (χ3v) is 5.43. The van der Waals surface area contributed by atoms with Crippen LogP contribution in [0.3, 0.4) is 0 Å². The van der Waals surface area contributed by atoms with E-state index >= 15 is 0 Å². The summed E-state index contributed by atoms with van der Waals surface area (Å²) >= 11 is 5.91. The second-order valence-corrected chi connectivity index (χ2v) is 8.78. The maximum absolute atomic E-state index is 12.9. The molecule has 0 unspecified atom stereocenters. The predicted molar refractivity (Wildman–Crippen MR) is 120 cm³/mol.